The number of hydrogen-bond donors (Lipinski definition) is 1. The van der Waals surface area contributed by atoms with Gasteiger partial charge in [-0.05, 0) is 24.5 Å². The van der Waals surface area contributed by atoms with Crippen LogP contribution in [0, 0.1) is 0 Å². The van der Waals surface area contributed by atoms with Crippen molar-refractivity contribution in [3.63, 3.8) is 0 Å². The molecular weight excluding hydrogens is 206 g/mol. The van der Waals surface area contributed by atoms with Crippen LogP contribution in [0.5, 0.6) is 0 Å². The molecule has 4 heteroatoms. The van der Waals surface area contributed by atoms with E-state index in [0.717, 1.165) is 4.90 Å². The zero-order valence-electron chi connectivity index (χ0n) is 7.21. The Kier molecular flexibility index (Phi) is 3.78. The highest BCUT2D eigenvalue weighted by Gasteiger charge is 2.05. The van der Waals surface area contributed by atoms with Gasteiger partial charge in [0.15, 0.2) is 5.78 Å². The largest absolute Gasteiger partial charge is 0.324 e. The molecule has 2 N–H and O–H groups in total. The third-order valence-corrected chi connectivity index (χ3v) is 2.54. The van der Waals surface area contributed by atoms with Crippen molar-refractivity contribution >= 4 is 29.1 Å². The van der Waals surface area contributed by atoms with Crippen LogP contribution in [-0.2, 0) is 0 Å². The van der Waals surface area contributed by atoms with E-state index in [-0.39, 0.29) is 12.3 Å². The Hall–Kier alpha value is -0.510. The number of ketones is 1. The highest BCUT2D eigenvalue weighted by molar-refractivity contribution is 7.98. The van der Waals surface area contributed by atoms with Gasteiger partial charge < -0.3 is 5.73 Å². The summed E-state index contributed by atoms with van der Waals surface area (Å²) in [5.41, 5.74) is 5.83. The fourth-order valence-electron chi connectivity index (χ4n) is 0.959. The zero-order chi connectivity index (χ0) is 9.84. The molecular formula is C9H10ClNOS. The lowest BCUT2D eigenvalue weighted by Gasteiger charge is -2.02. The number of halogens is 1. The lowest BCUT2D eigenvalue weighted by molar-refractivity contribution is 0.100. The van der Waals surface area contributed by atoms with E-state index in [1.807, 2.05) is 12.3 Å². The van der Waals surface area contributed by atoms with Crippen LogP contribution in [0.1, 0.15) is 10.4 Å². The molecule has 0 aliphatic heterocycles. The van der Waals surface area contributed by atoms with Gasteiger partial charge in [0, 0.05) is 15.5 Å². The van der Waals surface area contributed by atoms with Crippen LogP contribution in [0.2, 0.25) is 5.02 Å². The van der Waals surface area contributed by atoms with Crippen molar-refractivity contribution in [1.29, 1.82) is 0 Å². The monoisotopic (exact) mass is 215 g/mol. The second kappa shape index (κ2) is 4.65. The molecule has 0 bridgehead atoms. The number of Topliss-reactive ketones (excluding diaryl/α,β-unsaturated/α-hetero) is 1. The van der Waals surface area contributed by atoms with Crippen LogP contribution in [0.15, 0.2) is 23.1 Å². The number of rotatable bonds is 3. The van der Waals surface area contributed by atoms with Gasteiger partial charge in [0.25, 0.3) is 0 Å². The molecule has 0 heterocycles. The summed E-state index contributed by atoms with van der Waals surface area (Å²) in [6, 6.07) is 5.25. The van der Waals surface area contributed by atoms with Crippen LogP contribution in [-0.4, -0.2) is 18.6 Å². The number of carbonyl (C=O) groups is 1. The molecule has 70 valence electrons. The second-order valence-electron chi connectivity index (χ2n) is 2.51. The molecule has 0 atom stereocenters. The van der Waals surface area contributed by atoms with Gasteiger partial charge in [-0.25, -0.2) is 0 Å². The number of thioether (sulfide) groups is 1. The van der Waals surface area contributed by atoms with E-state index in [2.05, 4.69) is 0 Å². The maximum absolute atomic E-state index is 11.2. The number of carbonyl (C=O) groups excluding carboxylic acids is 1. The lowest BCUT2D eigenvalue weighted by Crippen LogP contribution is -2.13. The van der Waals surface area contributed by atoms with Crippen LogP contribution in [0.25, 0.3) is 0 Å². The molecule has 0 radical (unpaired) electrons. The normalized spacial score (nSPS) is 10.1. The van der Waals surface area contributed by atoms with Gasteiger partial charge >= 0.3 is 0 Å². The average molecular weight is 216 g/mol. The first-order chi connectivity index (χ1) is 6.17. The van der Waals surface area contributed by atoms with Crippen LogP contribution >= 0.6 is 23.4 Å². The van der Waals surface area contributed by atoms with Crippen molar-refractivity contribution in [1.82, 2.24) is 0 Å². The quantitative estimate of drug-likeness (QED) is 0.621. The first-order valence-corrected chi connectivity index (χ1v) is 5.35. The predicted molar refractivity (Wildman–Crippen MR) is 56.6 cm³/mol. The van der Waals surface area contributed by atoms with Gasteiger partial charge in [-0.15, -0.1) is 11.8 Å². The molecule has 13 heavy (non-hydrogen) atoms. The van der Waals surface area contributed by atoms with E-state index in [4.69, 9.17) is 17.3 Å². The van der Waals surface area contributed by atoms with Crippen LogP contribution in [0.3, 0.4) is 0 Å². The van der Waals surface area contributed by atoms with E-state index in [1.54, 1.807) is 23.9 Å². The van der Waals surface area contributed by atoms with Gasteiger partial charge in [-0.3, -0.25) is 4.79 Å². The van der Waals surface area contributed by atoms with E-state index < -0.39 is 0 Å². The van der Waals surface area contributed by atoms with E-state index in [1.165, 1.54) is 0 Å². The number of benzene rings is 1. The van der Waals surface area contributed by atoms with Crippen molar-refractivity contribution in [2.75, 3.05) is 12.8 Å². The molecule has 1 aromatic rings. The molecule has 0 saturated heterocycles. The summed E-state index contributed by atoms with van der Waals surface area (Å²) in [6.45, 7) is 0.0220. The molecule has 1 aromatic carbocycles. The Bertz CT molecular complexity index is 327. The molecule has 0 aliphatic rings. The third-order valence-electron chi connectivity index (χ3n) is 1.61. The Morgan fingerprint density at radius 3 is 2.77 bits per heavy atom. The first-order valence-electron chi connectivity index (χ1n) is 3.75. The minimum atomic E-state index is -0.0854. The van der Waals surface area contributed by atoms with Crippen molar-refractivity contribution < 1.29 is 4.79 Å². The maximum Gasteiger partial charge on any atom is 0.176 e. The van der Waals surface area contributed by atoms with Crippen molar-refractivity contribution in [3.8, 4) is 0 Å². The average Bonchev–Trinajstić information content (AvgIpc) is 2.15. The SMILES string of the molecule is CSc1cc(Cl)cc(C(=O)CN)c1. The highest BCUT2D eigenvalue weighted by atomic mass is 35.5. The summed E-state index contributed by atoms with van der Waals surface area (Å²) in [5, 5.41) is 0.573. The van der Waals surface area contributed by atoms with Gasteiger partial charge in [0.2, 0.25) is 0 Å². The molecule has 2 nitrogen and oxygen atoms in total. The van der Waals surface area contributed by atoms with Gasteiger partial charge in [0.05, 0.1) is 6.54 Å². The number of hydrogen-bond acceptors (Lipinski definition) is 3. The van der Waals surface area contributed by atoms with Gasteiger partial charge in [-0.1, -0.05) is 11.6 Å². The van der Waals surface area contributed by atoms with Gasteiger partial charge in [0.1, 0.15) is 0 Å². The van der Waals surface area contributed by atoms with E-state index >= 15 is 0 Å². The molecule has 0 aromatic heterocycles. The van der Waals surface area contributed by atoms with Crippen molar-refractivity contribution in [3.05, 3.63) is 28.8 Å². The topological polar surface area (TPSA) is 43.1 Å². The highest BCUT2D eigenvalue weighted by Crippen LogP contribution is 2.22. The Labute approximate surface area is 86.5 Å². The summed E-state index contributed by atoms with van der Waals surface area (Å²) in [4.78, 5) is 12.2. The Morgan fingerprint density at radius 2 is 2.23 bits per heavy atom. The first kappa shape index (κ1) is 10.6. The molecule has 1 rings (SSSR count). The smallest absolute Gasteiger partial charge is 0.176 e. The molecule has 0 spiro atoms. The Morgan fingerprint density at radius 1 is 1.54 bits per heavy atom. The predicted octanol–water partition coefficient (Wildman–Crippen LogP) is 2.20. The standard InChI is InChI=1S/C9H10ClNOS/c1-13-8-3-6(9(12)5-11)2-7(10)4-8/h2-4H,5,11H2,1H3. The maximum atomic E-state index is 11.2. The summed E-state index contributed by atoms with van der Waals surface area (Å²) < 4.78 is 0. The molecule has 0 unspecified atom stereocenters. The number of nitrogens with two attached hydrogens (primary N) is 1. The zero-order valence-corrected chi connectivity index (χ0v) is 8.78. The molecule has 0 saturated carbocycles. The summed E-state index contributed by atoms with van der Waals surface area (Å²) >= 11 is 7.37. The lowest BCUT2D eigenvalue weighted by atomic mass is 10.1. The van der Waals surface area contributed by atoms with Crippen LogP contribution < -0.4 is 5.73 Å². The van der Waals surface area contributed by atoms with Crippen LogP contribution in [0.4, 0.5) is 0 Å². The van der Waals surface area contributed by atoms with Crippen molar-refractivity contribution in [2.24, 2.45) is 5.73 Å². The molecule has 0 aliphatic carbocycles. The van der Waals surface area contributed by atoms with Gasteiger partial charge in [-0.2, -0.15) is 0 Å². The molecule has 0 amide bonds. The second-order valence-corrected chi connectivity index (χ2v) is 3.82. The summed E-state index contributed by atoms with van der Waals surface area (Å²) in [7, 11) is 0. The van der Waals surface area contributed by atoms with E-state index in [9.17, 15) is 4.79 Å². The summed E-state index contributed by atoms with van der Waals surface area (Å²) in [6.07, 6.45) is 1.93. The fraction of sp³-hybridized carbons (Fsp3) is 0.222. The fourth-order valence-corrected chi connectivity index (χ4v) is 1.75. The van der Waals surface area contributed by atoms with E-state index in [0.29, 0.717) is 10.6 Å². The molecule has 0 fully saturated rings. The minimum absolute atomic E-state index is 0.0220. The summed E-state index contributed by atoms with van der Waals surface area (Å²) in [5.74, 6) is -0.0854. The van der Waals surface area contributed by atoms with Crippen molar-refractivity contribution in [2.45, 2.75) is 4.90 Å². The third kappa shape index (κ3) is 2.72. The minimum Gasteiger partial charge on any atom is -0.324 e. The Balaban J connectivity index is 3.08.